The van der Waals surface area contributed by atoms with E-state index in [0.717, 1.165) is 18.6 Å². The van der Waals surface area contributed by atoms with Gasteiger partial charge in [0.2, 0.25) is 0 Å². The molecule has 1 heterocycles. The van der Waals surface area contributed by atoms with Crippen molar-refractivity contribution in [1.82, 2.24) is 10.6 Å². The third-order valence-electron chi connectivity index (χ3n) is 5.03. The Morgan fingerprint density at radius 2 is 1.97 bits per heavy atom. The van der Waals surface area contributed by atoms with E-state index in [-0.39, 0.29) is 42.4 Å². The van der Waals surface area contributed by atoms with Gasteiger partial charge in [0.1, 0.15) is 11.5 Å². The van der Waals surface area contributed by atoms with Crippen LogP contribution < -0.4 is 20.1 Å². The molecule has 0 bridgehead atoms. The summed E-state index contributed by atoms with van der Waals surface area (Å²) in [4.78, 5) is 4.23. The number of aliphatic imine (C=N–C) groups is 1. The first-order chi connectivity index (χ1) is 14.6. The first-order valence-electron chi connectivity index (χ1n) is 9.83. The molecule has 2 aromatic rings. The Morgan fingerprint density at radius 3 is 2.65 bits per heavy atom. The first-order valence-corrected chi connectivity index (χ1v) is 9.83. The number of alkyl halides is 2. The molecule has 2 atom stereocenters. The van der Waals surface area contributed by atoms with E-state index in [0.29, 0.717) is 29.7 Å². The van der Waals surface area contributed by atoms with Gasteiger partial charge < -0.3 is 24.8 Å². The monoisotopic (exact) mass is 547 g/mol. The Bertz CT molecular complexity index is 840. The number of nitrogens with zero attached hydrogens (tertiary/aromatic N) is 1. The maximum atomic E-state index is 12.7. The Labute approximate surface area is 198 Å². The summed E-state index contributed by atoms with van der Waals surface area (Å²) < 4.78 is 41.1. The van der Waals surface area contributed by atoms with E-state index in [2.05, 4.69) is 32.5 Å². The Balaban J connectivity index is 0.00000341. The van der Waals surface area contributed by atoms with Crippen molar-refractivity contribution in [3.63, 3.8) is 0 Å². The molecule has 1 aliphatic heterocycles. The third-order valence-corrected chi connectivity index (χ3v) is 5.03. The Hall–Kier alpha value is -2.14. The largest absolute Gasteiger partial charge is 0.497 e. The standard InChI is InChI=1S/C22H27F2N3O3.HI/c1-25-22(26-13-16-10-11-29-20(16)15-6-4-3-5-7-15)27-14-17-12-18(28-2)8-9-19(17)30-21(23)24;/h3-9,12,16,20-21H,10-11,13-14H2,1-2H3,(H2,25,26,27);1H. The van der Waals surface area contributed by atoms with Crippen molar-refractivity contribution in [3.8, 4) is 11.5 Å². The van der Waals surface area contributed by atoms with Gasteiger partial charge in [0.05, 0.1) is 13.2 Å². The summed E-state index contributed by atoms with van der Waals surface area (Å²) in [6.07, 6.45) is 0.993. The SMILES string of the molecule is CN=C(NCc1cc(OC)ccc1OC(F)F)NCC1CCOC1c1ccccc1.I. The van der Waals surface area contributed by atoms with Crippen LogP contribution in [0.25, 0.3) is 0 Å². The predicted molar refractivity (Wildman–Crippen MR) is 126 cm³/mol. The Kier molecular flexibility index (Phi) is 10.3. The van der Waals surface area contributed by atoms with Crippen LogP contribution in [0.3, 0.4) is 0 Å². The summed E-state index contributed by atoms with van der Waals surface area (Å²) in [6, 6.07) is 14.9. The summed E-state index contributed by atoms with van der Waals surface area (Å²) in [5.41, 5.74) is 1.71. The van der Waals surface area contributed by atoms with Gasteiger partial charge in [-0.05, 0) is 30.2 Å². The van der Waals surface area contributed by atoms with Crippen molar-refractivity contribution >= 4 is 29.9 Å². The summed E-state index contributed by atoms with van der Waals surface area (Å²) in [5.74, 6) is 1.53. The molecule has 1 fully saturated rings. The minimum atomic E-state index is -2.90. The molecule has 1 aliphatic rings. The fraction of sp³-hybridized carbons (Fsp3) is 0.409. The molecule has 2 unspecified atom stereocenters. The zero-order valence-corrected chi connectivity index (χ0v) is 19.8. The molecule has 6 nitrogen and oxygen atoms in total. The topological polar surface area (TPSA) is 64.1 Å². The molecule has 0 spiro atoms. The molecule has 3 rings (SSSR count). The van der Waals surface area contributed by atoms with E-state index in [9.17, 15) is 8.78 Å². The van der Waals surface area contributed by atoms with Gasteiger partial charge >= 0.3 is 6.61 Å². The molecule has 9 heteroatoms. The molecular formula is C22H28F2IN3O3. The molecule has 2 N–H and O–H groups in total. The van der Waals surface area contributed by atoms with Crippen LogP contribution in [0.15, 0.2) is 53.5 Å². The summed E-state index contributed by atoms with van der Waals surface area (Å²) in [7, 11) is 3.19. The smallest absolute Gasteiger partial charge is 0.387 e. The molecule has 0 saturated carbocycles. The van der Waals surface area contributed by atoms with E-state index >= 15 is 0 Å². The first kappa shape index (κ1) is 25.1. The van der Waals surface area contributed by atoms with Crippen molar-refractivity contribution in [3.05, 3.63) is 59.7 Å². The maximum Gasteiger partial charge on any atom is 0.387 e. The molecular weight excluding hydrogens is 519 g/mol. The second-order valence-electron chi connectivity index (χ2n) is 6.91. The third kappa shape index (κ3) is 7.20. The van der Waals surface area contributed by atoms with E-state index < -0.39 is 6.61 Å². The number of hydrogen-bond acceptors (Lipinski definition) is 4. The van der Waals surface area contributed by atoms with Crippen LogP contribution in [-0.2, 0) is 11.3 Å². The van der Waals surface area contributed by atoms with E-state index in [1.165, 1.54) is 13.2 Å². The number of benzene rings is 2. The van der Waals surface area contributed by atoms with Gasteiger partial charge in [-0.2, -0.15) is 8.78 Å². The highest BCUT2D eigenvalue weighted by atomic mass is 127. The zero-order chi connectivity index (χ0) is 21.3. The lowest BCUT2D eigenvalue weighted by Crippen LogP contribution is -2.40. The second kappa shape index (κ2) is 12.7. The molecule has 31 heavy (non-hydrogen) atoms. The maximum absolute atomic E-state index is 12.7. The molecule has 2 aromatic carbocycles. The lowest BCUT2D eigenvalue weighted by Gasteiger charge is -2.21. The minimum absolute atomic E-state index is 0. The highest BCUT2D eigenvalue weighted by Gasteiger charge is 2.29. The van der Waals surface area contributed by atoms with Gasteiger partial charge in [-0.1, -0.05) is 30.3 Å². The van der Waals surface area contributed by atoms with Crippen LogP contribution in [0, 0.1) is 5.92 Å². The van der Waals surface area contributed by atoms with Crippen molar-refractivity contribution in [1.29, 1.82) is 0 Å². The van der Waals surface area contributed by atoms with E-state index in [4.69, 9.17) is 9.47 Å². The van der Waals surface area contributed by atoms with Crippen molar-refractivity contribution in [2.24, 2.45) is 10.9 Å². The van der Waals surface area contributed by atoms with E-state index in [1.807, 2.05) is 18.2 Å². The molecule has 0 amide bonds. The number of rotatable bonds is 8. The van der Waals surface area contributed by atoms with Gasteiger partial charge in [0.25, 0.3) is 0 Å². The number of guanidine groups is 1. The normalized spacial score (nSPS) is 18.4. The summed E-state index contributed by atoms with van der Waals surface area (Å²) in [6.45, 7) is -1.25. The van der Waals surface area contributed by atoms with Gasteiger partial charge in [0, 0.05) is 38.2 Å². The quantitative estimate of drug-likeness (QED) is 0.292. The second-order valence-corrected chi connectivity index (χ2v) is 6.91. The summed E-state index contributed by atoms with van der Waals surface area (Å²) >= 11 is 0. The predicted octanol–water partition coefficient (Wildman–Crippen LogP) is 4.36. The van der Waals surface area contributed by atoms with Crippen LogP contribution in [0.5, 0.6) is 11.5 Å². The van der Waals surface area contributed by atoms with E-state index in [1.54, 1.807) is 19.2 Å². The fourth-order valence-corrected chi connectivity index (χ4v) is 3.51. The van der Waals surface area contributed by atoms with Gasteiger partial charge in [0.15, 0.2) is 5.96 Å². The van der Waals surface area contributed by atoms with Crippen LogP contribution in [0.1, 0.15) is 23.7 Å². The van der Waals surface area contributed by atoms with Gasteiger partial charge in [-0.15, -0.1) is 24.0 Å². The van der Waals surface area contributed by atoms with Crippen LogP contribution in [0.2, 0.25) is 0 Å². The molecule has 0 radical (unpaired) electrons. The number of hydrogen-bond donors (Lipinski definition) is 2. The highest BCUT2D eigenvalue weighted by Crippen LogP contribution is 2.33. The molecule has 1 saturated heterocycles. The van der Waals surface area contributed by atoms with Crippen LogP contribution in [0.4, 0.5) is 8.78 Å². The lowest BCUT2D eigenvalue weighted by atomic mass is 9.95. The summed E-state index contributed by atoms with van der Waals surface area (Å²) in [5, 5.41) is 6.46. The molecule has 170 valence electrons. The van der Waals surface area contributed by atoms with Crippen LogP contribution in [-0.4, -0.2) is 39.9 Å². The zero-order valence-electron chi connectivity index (χ0n) is 17.5. The van der Waals surface area contributed by atoms with Crippen LogP contribution >= 0.6 is 24.0 Å². The van der Waals surface area contributed by atoms with Gasteiger partial charge in [-0.25, -0.2) is 0 Å². The number of methoxy groups -OCH3 is 1. The number of nitrogens with one attached hydrogen (secondary N) is 2. The lowest BCUT2D eigenvalue weighted by molar-refractivity contribution is -0.0504. The highest BCUT2D eigenvalue weighted by molar-refractivity contribution is 14.0. The van der Waals surface area contributed by atoms with Gasteiger partial charge in [-0.3, -0.25) is 4.99 Å². The fourth-order valence-electron chi connectivity index (χ4n) is 3.51. The number of ether oxygens (including phenoxy) is 3. The average molecular weight is 547 g/mol. The Morgan fingerprint density at radius 1 is 1.19 bits per heavy atom. The van der Waals surface area contributed by atoms with Crippen molar-refractivity contribution < 1.29 is 23.0 Å². The molecule has 0 aromatic heterocycles. The van der Waals surface area contributed by atoms with Crippen molar-refractivity contribution in [2.75, 3.05) is 27.3 Å². The van der Waals surface area contributed by atoms with Crippen molar-refractivity contribution in [2.45, 2.75) is 25.7 Å². The minimum Gasteiger partial charge on any atom is -0.497 e. The number of halogens is 3. The molecule has 0 aliphatic carbocycles. The average Bonchev–Trinajstić information content (AvgIpc) is 3.23.